The summed E-state index contributed by atoms with van der Waals surface area (Å²) in [7, 11) is 0. The first-order valence-electron chi connectivity index (χ1n) is 6.72. The SMILES string of the molecule is CC(C)n1c(C2CCOc3ccccc3O2)n[nH]c1=S. The van der Waals surface area contributed by atoms with Gasteiger partial charge in [-0.2, -0.15) is 5.10 Å². The number of hydrogen-bond donors (Lipinski definition) is 1. The summed E-state index contributed by atoms with van der Waals surface area (Å²) in [5, 5.41) is 7.20. The van der Waals surface area contributed by atoms with Gasteiger partial charge < -0.3 is 9.47 Å². The number of rotatable bonds is 2. The number of nitrogens with one attached hydrogen (secondary N) is 1. The second-order valence-electron chi connectivity index (χ2n) is 5.04. The summed E-state index contributed by atoms with van der Waals surface area (Å²) in [6.45, 7) is 4.76. The van der Waals surface area contributed by atoms with E-state index in [1.807, 2.05) is 28.8 Å². The lowest BCUT2D eigenvalue weighted by molar-refractivity contribution is 0.178. The summed E-state index contributed by atoms with van der Waals surface area (Å²) in [6, 6.07) is 7.93. The standard InChI is InChI=1S/C14H17N3O2S/c1-9(2)17-13(15-16-14(17)20)12-7-8-18-10-5-3-4-6-11(10)19-12/h3-6,9,12H,7-8H2,1-2H3,(H,16,20). The van der Waals surface area contributed by atoms with Crippen molar-refractivity contribution in [2.45, 2.75) is 32.4 Å². The number of para-hydroxylation sites is 2. The minimum absolute atomic E-state index is 0.158. The Bertz CT molecular complexity index is 662. The van der Waals surface area contributed by atoms with Gasteiger partial charge in [0.25, 0.3) is 0 Å². The van der Waals surface area contributed by atoms with Crippen molar-refractivity contribution in [1.29, 1.82) is 0 Å². The molecule has 1 aliphatic heterocycles. The second kappa shape index (κ2) is 5.28. The zero-order chi connectivity index (χ0) is 14.1. The molecular weight excluding hydrogens is 274 g/mol. The van der Waals surface area contributed by atoms with Crippen LogP contribution >= 0.6 is 12.2 Å². The van der Waals surface area contributed by atoms with Crippen LogP contribution in [0.1, 0.15) is 38.2 Å². The predicted octanol–water partition coefficient (Wildman–Crippen LogP) is 3.42. The molecule has 0 saturated carbocycles. The molecule has 2 heterocycles. The molecule has 1 atom stereocenters. The molecule has 1 aromatic heterocycles. The van der Waals surface area contributed by atoms with E-state index in [2.05, 4.69) is 24.0 Å². The van der Waals surface area contributed by atoms with E-state index in [0.717, 1.165) is 23.7 Å². The summed E-state index contributed by atoms with van der Waals surface area (Å²) >= 11 is 5.29. The van der Waals surface area contributed by atoms with Crippen molar-refractivity contribution < 1.29 is 9.47 Å². The molecular formula is C14H17N3O2S. The predicted molar refractivity (Wildman–Crippen MR) is 77.7 cm³/mol. The Morgan fingerprint density at radius 3 is 2.85 bits per heavy atom. The summed E-state index contributed by atoms with van der Waals surface area (Å²) in [5.41, 5.74) is 0. The van der Waals surface area contributed by atoms with Gasteiger partial charge in [-0.3, -0.25) is 9.67 Å². The van der Waals surface area contributed by atoms with Crippen LogP contribution < -0.4 is 9.47 Å². The molecule has 5 nitrogen and oxygen atoms in total. The molecule has 1 N–H and O–H groups in total. The molecule has 1 aliphatic rings. The molecule has 0 spiro atoms. The number of aromatic nitrogens is 3. The topological polar surface area (TPSA) is 52.1 Å². The fourth-order valence-corrected chi connectivity index (χ4v) is 2.73. The van der Waals surface area contributed by atoms with Crippen LogP contribution in [0, 0.1) is 4.77 Å². The molecule has 20 heavy (non-hydrogen) atoms. The highest BCUT2D eigenvalue weighted by Gasteiger charge is 2.25. The van der Waals surface area contributed by atoms with Crippen LogP contribution in [-0.2, 0) is 0 Å². The Labute approximate surface area is 122 Å². The maximum atomic E-state index is 6.07. The molecule has 0 saturated heterocycles. The van der Waals surface area contributed by atoms with Crippen LogP contribution in [0.5, 0.6) is 11.5 Å². The van der Waals surface area contributed by atoms with E-state index in [9.17, 15) is 0 Å². The lowest BCUT2D eigenvalue weighted by atomic mass is 10.2. The van der Waals surface area contributed by atoms with Crippen molar-refractivity contribution in [3.05, 3.63) is 34.9 Å². The number of benzene rings is 1. The fraction of sp³-hybridized carbons (Fsp3) is 0.429. The largest absolute Gasteiger partial charge is 0.490 e. The molecule has 3 rings (SSSR count). The smallest absolute Gasteiger partial charge is 0.195 e. The van der Waals surface area contributed by atoms with Gasteiger partial charge in [0, 0.05) is 12.5 Å². The summed E-state index contributed by atoms with van der Waals surface area (Å²) in [5.74, 6) is 2.35. The highest BCUT2D eigenvalue weighted by Crippen LogP contribution is 2.35. The average molecular weight is 291 g/mol. The Morgan fingerprint density at radius 2 is 2.10 bits per heavy atom. The molecule has 0 aliphatic carbocycles. The van der Waals surface area contributed by atoms with E-state index in [4.69, 9.17) is 21.7 Å². The molecule has 1 unspecified atom stereocenters. The minimum Gasteiger partial charge on any atom is -0.490 e. The van der Waals surface area contributed by atoms with E-state index in [1.54, 1.807) is 0 Å². The van der Waals surface area contributed by atoms with Crippen LogP contribution in [0.3, 0.4) is 0 Å². The number of aromatic amines is 1. The van der Waals surface area contributed by atoms with Gasteiger partial charge in [-0.1, -0.05) is 12.1 Å². The van der Waals surface area contributed by atoms with E-state index >= 15 is 0 Å². The van der Waals surface area contributed by atoms with Crippen LogP contribution in [-0.4, -0.2) is 21.4 Å². The normalized spacial score (nSPS) is 18.1. The van der Waals surface area contributed by atoms with Crippen LogP contribution in [0.2, 0.25) is 0 Å². The summed E-state index contributed by atoms with van der Waals surface area (Å²) in [6.07, 6.45) is 0.579. The zero-order valence-corrected chi connectivity index (χ0v) is 12.3. The Kier molecular flexibility index (Phi) is 3.48. The van der Waals surface area contributed by atoms with Crippen molar-refractivity contribution in [1.82, 2.24) is 14.8 Å². The first-order chi connectivity index (χ1) is 9.66. The average Bonchev–Trinajstić information content (AvgIpc) is 2.69. The number of nitrogens with zero attached hydrogens (tertiary/aromatic N) is 2. The second-order valence-corrected chi connectivity index (χ2v) is 5.43. The van der Waals surface area contributed by atoms with Crippen molar-refractivity contribution in [2.75, 3.05) is 6.61 Å². The lowest BCUT2D eigenvalue weighted by Gasteiger charge is -2.18. The molecule has 0 radical (unpaired) electrons. The monoisotopic (exact) mass is 291 g/mol. The molecule has 6 heteroatoms. The zero-order valence-electron chi connectivity index (χ0n) is 11.5. The van der Waals surface area contributed by atoms with Crippen molar-refractivity contribution in [2.24, 2.45) is 0 Å². The first-order valence-corrected chi connectivity index (χ1v) is 7.13. The molecule has 0 bridgehead atoms. The maximum absolute atomic E-state index is 6.07. The van der Waals surface area contributed by atoms with E-state index in [-0.39, 0.29) is 12.1 Å². The van der Waals surface area contributed by atoms with Crippen molar-refractivity contribution in [3.8, 4) is 11.5 Å². The third-order valence-corrected chi connectivity index (χ3v) is 3.58. The van der Waals surface area contributed by atoms with E-state index in [1.165, 1.54) is 0 Å². The van der Waals surface area contributed by atoms with Crippen LogP contribution in [0.4, 0.5) is 0 Å². The van der Waals surface area contributed by atoms with E-state index < -0.39 is 0 Å². The van der Waals surface area contributed by atoms with E-state index in [0.29, 0.717) is 11.4 Å². The van der Waals surface area contributed by atoms with Crippen LogP contribution in [0.25, 0.3) is 0 Å². The number of H-pyrrole nitrogens is 1. The highest BCUT2D eigenvalue weighted by atomic mass is 32.1. The van der Waals surface area contributed by atoms with Gasteiger partial charge in [0.15, 0.2) is 28.2 Å². The third kappa shape index (κ3) is 2.31. The molecule has 1 aromatic carbocycles. The lowest BCUT2D eigenvalue weighted by Crippen LogP contribution is -2.16. The third-order valence-electron chi connectivity index (χ3n) is 3.29. The number of fused-ring (bicyclic) bond motifs is 1. The van der Waals surface area contributed by atoms with Gasteiger partial charge in [0.05, 0.1) is 6.61 Å². The van der Waals surface area contributed by atoms with Crippen molar-refractivity contribution in [3.63, 3.8) is 0 Å². The molecule has 2 aromatic rings. The maximum Gasteiger partial charge on any atom is 0.195 e. The van der Waals surface area contributed by atoms with Crippen molar-refractivity contribution >= 4 is 12.2 Å². The van der Waals surface area contributed by atoms with Gasteiger partial charge >= 0.3 is 0 Å². The fourth-order valence-electron chi connectivity index (χ4n) is 2.38. The number of hydrogen-bond acceptors (Lipinski definition) is 4. The van der Waals surface area contributed by atoms with Gasteiger partial charge in [-0.25, -0.2) is 0 Å². The van der Waals surface area contributed by atoms with Crippen LogP contribution in [0.15, 0.2) is 24.3 Å². The molecule has 106 valence electrons. The molecule has 0 amide bonds. The van der Waals surface area contributed by atoms with Gasteiger partial charge in [-0.15, -0.1) is 0 Å². The minimum atomic E-state index is -0.158. The Morgan fingerprint density at radius 1 is 1.35 bits per heavy atom. The van der Waals surface area contributed by atoms with Gasteiger partial charge in [0.1, 0.15) is 0 Å². The first kappa shape index (κ1) is 13.2. The summed E-state index contributed by atoms with van der Waals surface area (Å²) in [4.78, 5) is 0. The summed E-state index contributed by atoms with van der Waals surface area (Å²) < 4.78 is 14.4. The quantitative estimate of drug-likeness (QED) is 0.861. The highest BCUT2D eigenvalue weighted by molar-refractivity contribution is 7.71. The Hall–Kier alpha value is -1.82. The Balaban J connectivity index is 1.98. The van der Waals surface area contributed by atoms with Gasteiger partial charge in [-0.05, 0) is 38.2 Å². The van der Waals surface area contributed by atoms with Gasteiger partial charge in [0.2, 0.25) is 0 Å². The molecule has 0 fully saturated rings. The number of ether oxygens (including phenoxy) is 2.